The third kappa shape index (κ3) is 5.91. The smallest absolute Gasteiger partial charge is 0.0656 e. The normalized spacial score (nSPS) is 54.1. The van der Waals surface area contributed by atoms with Gasteiger partial charge in [0.2, 0.25) is 0 Å². The Bertz CT molecular complexity index is 1030. The zero-order valence-corrected chi connectivity index (χ0v) is 31.7. The fraction of sp³-hybridized carbons (Fsp3) is 1.00. The summed E-state index contributed by atoms with van der Waals surface area (Å²) in [6.07, 6.45) is 19.5. The maximum absolute atomic E-state index is 12.8. The molecular formula is C43H76O3. The molecule has 0 heterocycles. The van der Waals surface area contributed by atoms with Crippen molar-refractivity contribution in [2.45, 2.75) is 177 Å². The van der Waals surface area contributed by atoms with Gasteiger partial charge in [0.05, 0.1) is 18.3 Å². The summed E-state index contributed by atoms with van der Waals surface area (Å²) in [5, 5.41) is 35.8. The average Bonchev–Trinajstić information content (AvgIpc) is 2.97. The maximum Gasteiger partial charge on any atom is 0.0656 e. The summed E-state index contributed by atoms with van der Waals surface area (Å²) >= 11 is 0. The lowest BCUT2D eigenvalue weighted by atomic mass is 9.33. The van der Waals surface area contributed by atoms with Crippen LogP contribution in [0.2, 0.25) is 0 Å². The molecule has 6 aliphatic rings. The van der Waals surface area contributed by atoms with Crippen molar-refractivity contribution in [3.63, 3.8) is 0 Å². The zero-order chi connectivity index (χ0) is 33.3. The Labute approximate surface area is 284 Å². The number of aliphatic hydroxyl groups is 3. The van der Waals surface area contributed by atoms with E-state index in [1.165, 1.54) is 83.5 Å². The van der Waals surface area contributed by atoms with Crippen molar-refractivity contribution < 1.29 is 15.3 Å². The van der Waals surface area contributed by atoms with Crippen molar-refractivity contribution in [2.75, 3.05) is 0 Å². The predicted molar refractivity (Wildman–Crippen MR) is 191 cm³/mol. The lowest BCUT2D eigenvalue weighted by Gasteiger charge is -2.72. The van der Waals surface area contributed by atoms with Crippen molar-refractivity contribution in [2.24, 2.45) is 93.2 Å². The van der Waals surface area contributed by atoms with E-state index in [1.54, 1.807) is 0 Å². The van der Waals surface area contributed by atoms with E-state index in [1.807, 2.05) is 6.92 Å². The molecule has 15 atom stereocenters. The summed E-state index contributed by atoms with van der Waals surface area (Å²) in [6.45, 7) is 21.4. The van der Waals surface area contributed by atoms with Crippen LogP contribution in [0.5, 0.6) is 0 Å². The highest BCUT2D eigenvalue weighted by molar-refractivity contribution is 5.19. The average molecular weight is 641 g/mol. The Morgan fingerprint density at radius 3 is 1.93 bits per heavy atom. The quantitative estimate of drug-likeness (QED) is 0.271. The van der Waals surface area contributed by atoms with Crippen LogP contribution < -0.4 is 0 Å². The Morgan fingerprint density at radius 2 is 1.35 bits per heavy atom. The maximum atomic E-state index is 12.8. The molecular weight excluding hydrogens is 564 g/mol. The van der Waals surface area contributed by atoms with Gasteiger partial charge in [-0.2, -0.15) is 0 Å². The van der Waals surface area contributed by atoms with Crippen molar-refractivity contribution in [1.82, 2.24) is 0 Å². The summed E-state index contributed by atoms with van der Waals surface area (Å²) in [6, 6.07) is 0. The second-order valence-electron chi connectivity index (χ2n) is 20.5. The van der Waals surface area contributed by atoms with Crippen LogP contribution in [0.15, 0.2) is 0 Å². The number of hydrogen-bond donors (Lipinski definition) is 3. The van der Waals surface area contributed by atoms with E-state index in [9.17, 15) is 15.3 Å². The molecule has 15 unspecified atom stereocenters. The monoisotopic (exact) mass is 641 g/mol. The summed E-state index contributed by atoms with van der Waals surface area (Å²) in [7, 11) is 0. The lowest BCUT2D eigenvalue weighted by Crippen LogP contribution is -2.70. The van der Waals surface area contributed by atoms with Gasteiger partial charge < -0.3 is 15.3 Å². The van der Waals surface area contributed by atoms with Crippen LogP contribution in [0, 0.1) is 93.2 Å². The molecule has 266 valence electrons. The molecule has 3 N–H and O–H groups in total. The first-order valence-corrected chi connectivity index (χ1v) is 20.7. The highest BCUT2D eigenvalue weighted by Gasteiger charge is 2.70. The molecule has 46 heavy (non-hydrogen) atoms. The van der Waals surface area contributed by atoms with E-state index in [2.05, 4.69) is 55.4 Å². The van der Waals surface area contributed by atoms with Gasteiger partial charge in [-0.1, -0.05) is 113 Å². The Balaban J connectivity index is 1.21. The van der Waals surface area contributed by atoms with Gasteiger partial charge in [0.1, 0.15) is 0 Å². The summed E-state index contributed by atoms with van der Waals surface area (Å²) in [4.78, 5) is 0. The molecule has 3 nitrogen and oxygen atoms in total. The molecule has 6 rings (SSSR count). The van der Waals surface area contributed by atoms with Crippen molar-refractivity contribution >= 4 is 0 Å². The third-order valence-electron chi connectivity index (χ3n) is 17.6. The first-order valence-electron chi connectivity index (χ1n) is 20.7. The first-order chi connectivity index (χ1) is 21.6. The van der Waals surface area contributed by atoms with Gasteiger partial charge in [-0.25, -0.2) is 0 Å². The largest absolute Gasteiger partial charge is 0.393 e. The van der Waals surface area contributed by atoms with E-state index in [0.29, 0.717) is 35.5 Å². The first kappa shape index (κ1) is 35.7. The molecule has 0 saturated heterocycles. The van der Waals surface area contributed by atoms with Gasteiger partial charge in [-0.05, 0) is 127 Å². The van der Waals surface area contributed by atoms with Gasteiger partial charge in [0.25, 0.3) is 0 Å². The summed E-state index contributed by atoms with van der Waals surface area (Å²) in [5.74, 6) is 7.13. The minimum atomic E-state index is -0.543. The summed E-state index contributed by atoms with van der Waals surface area (Å²) < 4.78 is 0. The molecule has 3 heteroatoms. The predicted octanol–water partition coefficient (Wildman–Crippen LogP) is 10.2. The fourth-order valence-corrected chi connectivity index (χ4v) is 15.3. The van der Waals surface area contributed by atoms with Crippen molar-refractivity contribution in [1.29, 1.82) is 0 Å². The molecule has 6 fully saturated rings. The van der Waals surface area contributed by atoms with Crippen LogP contribution in [0.1, 0.15) is 159 Å². The van der Waals surface area contributed by atoms with Crippen LogP contribution in [0.3, 0.4) is 0 Å². The third-order valence-corrected chi connectivity index (χ3v) is 17.6. The second-order valence-corrected chi connectivity index (χ2v) is 20.5. The Kier molecular flexibility index (Phi) is 10.3. The van der Waals surface area contributed by atoms with Gasteiger partial charge in [0.15, 0.2) is 0 Å². The van der Waals surface area contributed by atoms with Gasteiger partial charge in [-0.3, -0.25) is 0 Å². The number of hydrogen-bond acceptors (Lipinski definition) is 3. The molecule has 0 aromatic carbocycles. The number of rotatable bonds is 6. The fourth-order valence-electron chi connectivity index (χ4n) is 15.3. The molecule has 0 radical (unpaired) electrons. The molecule has 0 amide bonds. The Morgan fingerprint density at radius 1 is 0.761 bits per heavy atom. The number of aliphatic hydroxyl groups excluding tert-OH is 3. The van der Waals surface area contributed by atoms with Crippen LogP contribution in [-0.4, -0.2) is 33.6 Å². The molecule has 0 spiro atoms. The van der Waals surface area contributed by atoms with Gasteiger partial charge in [0, 0.05) is 11.3 Å². The van der Waals surface area contributed by atoms with E-state index < -0.39 is 12.2 Å². The molecule has 0 aromatic heterocycles. The molecule has 0 aliphatic heterocycles. The van der Waals surface area contributed by atoms with Crippen molar-refractivity contribution in [3.8, 4) is 0 Å². The molecule has 6 aliphatic carbocycles. The highest BCUT2D eigenvalue weighted by Crippen LogP contribution is 2.73. The zero-order valence-electron chi connectivity index (χ0n) is 31.7. The van der Waals surface area contributed by atoms with Gasteiger partial charge >= 0.3 is 0 Å². The number of fused-ring (bicyclic) bond motifs is 3. The minimum absolute atomic E-state index is 0.000416. The Hall–Kier alpha value is -0.120. The van der Waals surface area contributed by atoms with Gasteiger partial charge in [-0.15, -0.1) is 0 Å². The van der Waals surface area contributed by atoms with E-state index in [0.717, 1.165) is 36.5 Å². The van der Waals surface area contributed by atoms with Crippen LogP contribution in [0.25, 0.3) is 0 Å². The highest BCUT2D eigenvalue weighted by atomic mass is 16.3. The van der Waals surface area contributed by atoms with E-state index in [4.69, 9.17) is 0 Å². The van der Waals surface area contributed by atoms with Crippen LogP contribution >= 0.6 is 0 Å². The summed E-state index contributed by atoms with van der Waals surface area (Å²) in [5.41, 5.74) is -0.230. The molecule has 6 saturated carbocycles. The lowest BCUT2D eigenvalue weighted by molar-refractivity contribution is -0.281. The van der Waals surface area contributed by atoms with Crippen molar-refractivity contribution in [3.05, 3.63) is 0 Å². The topological polar surface area (TPSA) is 60.7 Å². The second kappa shape index (κ2) is 13.2. The molecule has 0 bridgehead atoms. The van der Waals surface area contributed by atoms with E-state index in [-0.39, 0.29) is 40.1 Å². The standard InChI is InChI=1S/C43H76O3/c1-25(2)34-21-33(20-32-17-15-31(16-18-32)19-30-13-11-10-12-14-30)27(4)37-35(34)23-41(7)24-42(8)22-26(3)36(29(6)44)40(46)43(42,9)28(5)38(41)39(37)45/h25-40,44-46H,10-24H2,1-9H3. The van der Waals surface area contributed by atoms with E-state index >= 15 is 0 Å². The molecule has 0 aromatic rings. The van der Waals surface area contributed by atoms with Crippen LogP contribution in [-0.2, 0) is 0 Å². The SMILES string of the molecule is CC(C)C1CC(CC2CCC(CC3CCCCC3)CC2)C(C)C2C(O)C3C(C)C4(C)C(O)C(C(C)O)C(C)CC4(C)CC3(C)CC12. The minimum Gasteiger partial charge on any atom is -0.393 e. The van der Waals surface area contributed by atoms with Crippen LogP contribution in [0.4, 0.5) is 0 Å².